The number of ether oxygens (including phenoxy) is 7. The number of hydrogen-bond donors (Lipinski definition) is 0. The maximum absolute atomic E-state index is 15.1. The summed E-state index contributed by atoms with van der Waals surface area (Å²) in [7, 11) is 11.3. The van der Waals surface area contributed by atoms with E-state index < -0.39 is 24.2 Å². The molecule has 0 spiro atoms. The number of fused-ring (bicyclic) bond motifs is 7. The van der Waals surface area contributed by atoms with Crippen molar-refractivity contribution in [2.75, 3.05) is 56.3 Å². The Labute approximate surface area is 275 Å². The highest BCUT2D eigenvalue weighted by molar-refractivity contribution is 6.10. The number of rotatable bonds is 10. The van der Waals surface area contributed by atoms with Crippen molar-refractivity contribution < 1.29 is 42.7 Å². The fourth-order valence-corrected chi connectivity index (χ4v) is 7.98. The summed E-state index contributed by atoms with van der Waals surface area (Å²) in [4.78, 5) is 33.6. The third kappa shape index (κ3) is 4.70. The Morgan fingerprint density at radius 2 is 1.26 bits per heavy atom. The Morgan fingerprint density at radius 1 is 0.702 bits per heavy atom. The van der Waals surface area contributed by atoms with Crippen LogP contribution in [0.4, 0.5) is 0 Å². The molecular weight excluding hydrogens is 604 g/mol. The third-order valence-electron chi connectivity index (χ3n) is 9.92. The molecule has 11 nitrogen and oxygen atoms in total. The van der Waals surface area contributed by atoms with Crippen LogP contribution in [0.5, 0.6) is 34.5 Å². The van der Waals surface area contributed by atoms with E-state index in [0.717, 1.165) is 22.3 Å². The van der Waals surface area contributed by atoms with Crippen LogP contribution in [0.3, 0.4) is 0 Å². The number of ketones is 1. The minimum absolute atomic E-state index is 0.0941. The second-order valence-electron chi connectivity index (χ2n) is 12.0. The van der Waals surface area contributed by atoms with Crippen molar-refractivity contribution in [3.63, 3.8) is 0 Å². The fourth-order valence-electron chi connectivity index (χ4n) is 7.98. The van der Waals surface area contributed by atoms with Gasteiger partial charge in [-0.2, -0.15) is 0 Å². The summed E-state index contributed by atoms with van der Waals surface area (Å²) in [5.41, 5.74) is 4.79. The van der Waals surface area contributed by atoms with E-state index in [1.54, 1.807) is 33.3 Å². The van der Waals surface area contributed by atoms with E-state index in [9.17, 15) is 4.79 Å². The van der Waals surface area contributed by atoms with Crippen molar-refractivity contribution in [1.29, 1.82) is 0 Å². The first-order chi connectivity index (χ1) is 22.7. The lowest BCUT2D eigenvalue weighted by molar-refractivity contribution is -0.156. The van der Waals surface area contributed by atoms with E-state index >= 15 is 4.79 Å². The lowest BCUT2D eigenvalue weighted by Gasteiger charge is -2.56. The van der Waals surface area contributed by atoms with Gasteiger partial charge in [-0.3, -0.25) is 14.5 Å². The molecule has 0 N–H and O–H groups in total. The van der Waals surface area contributed by atoms with E-state index in [1.807, 2.05) is 56.1 Å². The molecule has 4 atom stereocenters. The van der Waals surface area contributed by atoms with Crippen LogP contribution in [-0.2, 0) is 22.6 Å². The molecule has 3 aromatic rings. The summed E-state index contributed by atoms with van der Waals surface area (Å²) in [6, 6.07) is 6.96. The molecule has 0 aromatic heterocycles. The summed E-state index contributed by atoms with van der Waals surface area (Å²) in [5, 5.41) is 0. The molecule has 3 unspecified atom stereocenters. The highest BCUT2D eigenvalue weighted by Crippen LogP contribution is 2.58. The zero-order valence-electron chi connectivity index (χ0n) is 28.4. The third-order valence-corrected chi connectivity index (χ3v) is 9.92. The number of carbonyl (C=O) groups is 2. The number of methoxy groups -OCH3 is 6. The summed E-state index contributed by atoms with van der Waals surface area (Å²) in [5.74, 6) is 2.35. The number of piperazine rings is 1. The van der Waals surface area contributed by atoms with Gasteiger partial charge in [-0.25, -0.2) is 0 Å². The first-order valence-corrected chi connectivity index (χ1v) is 15.5. The van der Waals surface area contributed by atoms with E-state index in [2.05, 4.69) is 0 Å². The van der Waals surface area contributed by atoms with Gasteiger partial charge in [0.15, 0.2) is 28.8 Å². The van der Waals surface area contributed by atoms with Gasteiger partial charge in [0.05, 0.1) is 79.6 Å². The van der Waals surface area contributed by atoms with Crippen molar-refractivity contribution in [3.05, 3.63) is 69.3 Å². The second kappa shape index (κ2) is 12.6. The molecular formula is C36H42N2O9. The lowest BCUT2D eigenvalue weighted by Crippen LogP contribution is -2.68. The number of hydrogen-bond acceptors (Lipinski definition) is 10. The Hall–Kier alpha value is -4.48. The van der Waals surface area contributed by atoms with E-state index in [-0.39, 0.29) is 18.3 Å². The smallest absolute Gasteiger partial charge is 0.241 e. The van der Waals surface area contributed by atoms with Crippen molar-refractivity contribution in [2.45, 2.75) is 51.0 Å². The van der Waals surface area contributed by atoms with Crippen LogP contribution in [0.15, 0.2) is 30.3 Å². The standard InChI is InChI=1S/C36H42N2O9/c1-18-30(41-4)21-15-22-36(40)38-23(17-47-16-20-13-11-10-12-14-20)25-26(31(42-5)19(2)33(44-7)35(25)46-9)29(39)28(38)27(37(22)3)24(21)34(45-8)32(18)43-6/h10-14,22-23,27-28H,15-17H2,1-9H3/t22?,23-,27?,28?/m0/s1. The van der Waals surface area contributed by atoms with Crippen molar-refractivity contribution in [1.82, 2.24) is 9.80 Å². The van der Waals surface area contributed by atoms with Gasteiger partial charge < -0.3 is 38.1 Å². The van der Waals surface area contributed by atoms with Crippen LogP contribution in [0, 0.1) is 13.8 Å². The van der Waals surface area contributed by atoms with Gasteiger partial charge in [-0.1, -0.05) is 30.3 Å². The molecule has 3 aliphatic heterocycles. The molecule has 3 heterocycles. The summed E-state index contributed by atoms with van der Waals surface area (Å²) in [6.45, 7) is 4.13. The average molecular weight is 647 g/mol. The number of Topliss-reactive ketones (excluding diaryl/α,β-unsaturated/α-hetero) is 1. The molecule has 6 rings (SSSR count). The highest BCUT2D eigenvalue weighted by atomic mass is 16.5. The minimum Gasteiger partial charge on any atom is -0.496 e. The normalized spacial score (nSPS) is 21.4. The zero-order chi connectivity index (χ0) is 33.7. The molecule has 0 aliphatic carbocycles. The van der Waals surface area contributed by atoms with Gasteiger partial charge in [0, 0.05) is 34.2 Å². The Bertz CT molecular complexity index is 1720. The quantitative estimate of drug-likeness (QED) is 0.310. The maximum Gasteiger partial charge on any atom is 0.241 e. The topological polar surface area (TPSA) is 105 Å². The van der Waals surface area contributed by atoms with Crippen LogP contribution >= 0.6 is 0 Å². The van der Waals surface area contributed by atoms with Gasteiger partial charge in [-0.15, -0.1) is 0 Å². The summed E-state index contributed by atoms with van der Waals surface area (Å²) in [6.07, 6.45) is 0.352. The number of nitrogens with zero attached hydrogens (tertiary/aromatic N) is 2. The van der Waals surface area contributed by atoms with Gasteiger partial charge in [0.1, 0.15) is 17.5 Å². The molecule has 3 aromatic carbocycles. The Kier molecular flexibility index (Phi) is 8.71. The molecule has 250 valence electrons. The molecule has 1 amide bonds. The monoisotopic (exact) mass is 646 g/mol. The number of benzene rings is 3. The molecule has 0 saturated carbocycles. The van der Waals surface area contributed by atoms with Crippen LogP contribution < -0.4 is 28.4 Å². The first kappa shape index (κ1) is 32.5. The van der Waals surface area contributed by atoms with Gasteiger partial charge >= 0.3 is 0 Å². The van der Waals surface area contributed by atoms with Crippen LogP contribution in [0.25, 0.3) is 0 Å². The predicted octanol–water partition coefficient (Wildman–Crippen LogP) is 4.62. The second-order valence-corrected chi connectivity index (χ2v) is 12.0. The minimum atomic E-state index is -0.960. The van der Waals surface area contributed by atoms with Crippen molar-refractivity contribution in [3.8, 4) is 34.5 Å². The Balaban J connectivity index is 1.62. The fraction of sp³-hybridized carbons (Fsp3) is 0.444. The summed E-state index contributed by atoms with van der Waals surface area (Å²) >= 11 is 0. The van der Waals surface area contributed by atoms with E-state index in [0.29, 0.717) is 64.2 Å². The zero-order valence-corrected chi connectivity index (χ0v) is 28.4. The Morgan fingerprint density at radius 3 is 1.83 bits per heavy atom. The van der Waals surface area contributed by atoms with Gasteiger partial charge in [0.2, 0.25) is 5.91 Å². The number of carbonyl (C=O) groups excluding carboxylic acids is 2. The lowest BCUT2D eigenvalue weighted by atomic mass is 9.72. The number of likely N-dealkylation sites (N-methyl/N-ethyl adjacent to an activating group) is 1. The van der Waals surface area contributed by atoms with Crippen LogP contribution in [-0.4, -0.2) is 89.9 Å². The molecule has 2 bridgehead atoms. The van der Waals surface area contributed by atoms with Crippen LogP contribution in [0.2, 0.25) is 0 Å². The molecule has 0 radical (unpaired) electrons. The van der Waals surface area contributed by atoms with Gasteiger partial charge in [-0.05, 0) is 26.5 Å². The first-order valence-electron chi connectivity index (χ1n) is 15.5. The SMILES string of the molecule is COc1c(C)c(OC)c(OC)c2c1CC1C(=O)N3C(C(=O)c4c(OC)c(C)c(OC)c(OC)c4[C@@H]3COCc3ccccc3)C2N1C. The molecule has 47 heavy (non-hydrogen) atoms. The molecule has 1 fully saturated rings. The van der Waals surface area contributed by atoms with Crippen LogP contribution in [0.1, 0.15) is 55.8 Å². The molecule has 11 heteroatoms. The van der Waals surface area contributed by atoms with Gasteiger partial charge in [0.25, 0.3) is 0 Å². The van der Waals surface area contributed by atoms with Crippen molar-refractivity contribution in [2.24, 2.45) is 0 Å². The molecule has 1 saturated heterocycles. The average Bonchev–Trinajstić information content (AvgIpc) is 3.07. The van der Waals surface area contributed by atoms with E-state index in [1.165, 1.54) is 14.2 Å². The van der Waals surface area contributed by atoms with E-state index in [4.69, 9.17) is 33.2 Å². The largest absolute Gasteiger partial charge is 0.496 e. The highest BCUT2D eigenvalue weighted by Gasteiger charge is 2.59. The maximum atomic E-state index is 15.1. The predicted molar refractivity (Wildman–Crippen MR) is 173 cm³/mol. The summed E-state index contributed by atoms with van der Waals surface area (Å²) < 4.78 is 41.9. The van der Waals surface area contributed by atoms with Crippen molar-refractivity contribution >= 4 is 11.7 Å². The number of amides is 1. The molecule has 3 aliphatic rings.